The third-order valence-electron chi connectivity index (χ3n) is 2.82. The first-order chi connectivity index (χ1) is 9.88. The van der Waals surface area contributed by atoms with E-state index in [4.69, 9.17) is 0 Å². The third kappa shape index (κ3) is 5.13. The summed E-state index contributed by atoms with van der Waals surface area (Å²) in [6, 6.07) is 8.20. The van der Waals surface area contributed by atoms with E-state index >= 15 is 0 Å². The van der Waals surface area contributed by atoms with E-state index < -0.39 is 0 Å². The highest BCUT2D eigenvalue weighted by Gasteiger charge is 2.09. The van der Waals surface area contributed by atoms with Crippen molar-refractivity contribution in [3.63, 3.8) is 0 Å². The van der Waals surface area contributed by atoms with E-state index in [1.807, 2.05) is 24.3 Å². The van der Waals surface area contributed by atoms with Crippen LogP contribution in [0.2, 0.25) is 0 Å². The fourth-order valence-electron chi connectivity index (χ4n) is 1.79. The molecule has 2 aromatic rings. The number of benzene rings is 2. The van der Waals surface area contributed by atoms with Gasteiger partial charge in [0.25, 0.3) is 0 Å². The molecule has 1 nitrogen and oxygen atoms in total. The number of hydrogen-bond acceptors (Lipinski definition) is 1. The van der Waals surface area contributed by atoms with Crippen LogP contribution in [-0.4, -0.2) is 0 Å². The van der Waals surface area contributed by atoms with Crippen molar-refractivity contribution in [1.82, 2.24) is 5.32 Å². The minimum absolute atomic E-state index is 0.767. The van der Waals surface area contributed by atoms with Crippen LogP contribution < -0.4 is 5.32 Å². The van der Waals surface area contributed by atoms with Gasteiger partial charge in [-0.1, -0.05) is 95.6 Å². The van der Waals surface area contributed by atoms with Crippen molar-refractivity contribution < 1.29 is 0 Å². The normalized spacial score (nSPS) is 11.0. The van der Waals surface area contributed by atoms with Crippen molar-refractivity contribution in [3.05, 3.63) is 62.2 Å². The summed E-state index contributed by atoms with van der Waals surface area (Å²) >= 11 is 21.4. The molecule has 0 spiro atoms. The molecule has 0 aliphatic heterocycles. The molecule has 0 amide bonds. The molecule has 112 valence electrons. The monoisotopic (exact) mass is 665 g/mol. The van der Waals surface area contributed by atoms with E-state index in [9.17, 15) is 0 Å². The predicted octanol–water partition coefficient (Wildman–Crippen LogP) is 7.55. The molecule has 0 unspecified atom stereocenters. The fraction of sp³-hybridized carbons (Fsp3) is 0.143. The van der Waals surface area contributed by atoms with Gasteiger partial charge in [0.1, 0.15) is 0 Å². The Balaban J connectivity index is 2.09. The van der Waals surface area contributed by atoms with Gasteiger partial charge >= 0.3 is 0 Å². The summed E-state index contributed by atoms with van der Waals surface area (Å²) in [5, 5.41) is 3.47. The van der Waals surface area contributed by atoms with Gasteiger partial charge in [0, 0.05) is 39.9 Å². The number of halogens is 6. The van der Waals surface area contributed by atoms with E-state index in [1.165, 1.54) is 11.1 Å². The van der Waals surface area contributed by atoms with E-state index in [1.54, 1.807) is 0 Å². The van der Waals surface area contributed by atoms with Crippen LogP contribution in [0.15, 0.2) is 51.1 Å². The Bertz CT molecular complexity index is 567. The molecular weight excluding hydrogens is 662 g/mol. The summed E-state index contributed by atoms with van der Waals surface area (Å²) in [5.74, 6) is 0. The van der Waals surface area contributed by atoms with Crippen molar-refractivity contribution in [1.29, 1.82) is 0 Å². The summed E-state index contributed by atoms with van der Waals surface area (Å²) in [6.07, 6.45) is 0. The lowest BCUT2D eigenvalue weighted by molar-refractivity contribution is 0.686. The third-order valence-corrected chi connectivity index (χ3v) is 6.56. The molecule has 1 N–H and O–H groups in total. The zero-order chi connectivity index (χ0) is 15.6. The van der Waals surface area contributed by atoms with Crippen LogP contribution in [0.5, 0.6) is 0 Å². The number of hydrogen-bond donors (Lipinski definition) is 1. The molecule has 2 rings (SSSR count). The Morgan fingerprint density at radius 1 is 0.571 bits per heavy atom. The average molecular weight is 671 g/mol. The van der Waals surface area contributed by atoms with Gasteiger partial charge in [-0.3, -0.25) is 0 Å². The summed E-state index contributed by atoms with van der Waals surface area (Å²) in [5.41, 5.74) is 2.39. The molecule has 0 aliphatic rings. The summed E-state index contributed by atoms with van der Waals surface area (Å²) in [4.78, 5) is 0. The zero-order valence-electron chi connectivity index (χ0n) is 10.5. The van der Waals surface area contributed by atoms with Crippen LogP contribution in [0.4, 0.5) is 0 Å². The van der Waals surface area contributed by atoms with Gasteiger partial charge in [0.05, 0.1) is 0 Å². The van der Waals surface area contributed by atoms with Gasteiger partial charge < -0.3 is 5.32 Å². The van der Waals surface area contributed by atoms with E-state index in [2.05, 4.69) is 101 Å². The first kappa shape index (κ1) is 18.6. The quantitative estimate of drug-likeness (QED) is 0.355. The molecule has 0 heterocycles. The minimum Gasteiger partial charge on any atom is -0.308 e. The maximum Gasteiger partial charge on any atom is 0.0242 e. The fourth-order valence-corrected chi connectivity index (χ4v) is 6.87. The smallest absolute Gasteiger partial charge is 0.0242 e. The molecule has 0 saturated heterocycles. The molecular formula is C14H9Br6N. The lowest BCUT2D eigenvalue weighted by Crippen LogP contribution is -2.14. The molecule has 0 aromatic heterocycles. The highest BCUT2D eigenvalue weighted by atomic mass is 79.9. The largest absolute Gasteiger partial charge is 0.308 e. The second kappa shape index (κ2) is 8.40. The van der Waals surface area contributed by atoms with Crippen LogP contribution in [0, 0.1) is 0 Å². The van der Waals surface area contributed by atoms with Gasteiger partial charge in [-0.25, -0.2) is 0 Å². The lowest BCUT2D eigenvalue weighted by atomic mass is 10.2. The van der Waals surface area contributed by atoms with E-state index in [0.717, 1.165) is 39.9 Å². The standard InChI is InChI=1S/C14H9Br6N/c15-7-1-11(17)9(12(18)2-7)5-21-6-10-13(19)3-8(16)4-14(10)20/h1-4,21H,5-6H2. The van der Waals surface area contributed by atoms with Gasteiger partial charge in [-0.05, 0) is 35.4 Å². The van der Waals surface area contributed by atoms with Crippen LogP contribution in [-0.2, 0) is 13.1 Å². The second-order valence-electron chi connectivity index (χ2n) is 4.30. The van der Waals surface area contributed by atoms with Gasteiger partial charge in [0.15, 0.2) is 0 Å². The predicted molar refractivity (Wildman–Crippen MR) is 110 cm³/mol. The van der Waals surface area contributed by atoms with Gasteiger partial charge in [-0.2, -0.15) is 0 Å². The molecule has 21 heavy (non-hydrogen) atoms. The van der Waals surface area contributed by atoms with Crippen molar-refractivity contribution in [2.45, 2.75) is 13.1 Å². The first-order valence-corrected chi connectivity index (χ1v) is 10.6. The highest BCUT2D eigenvalue weighted by molar-refractivity contribution is 9.12. The molecule has 0 aliphatic carbocycles. The Morgan fingerprint density at radius 2 is 0.857 bits per heavy atom. The molecule has 2 aromatic carbocycles. The van der Waals surface area contributed by atoms with Crippen LogP contribution in [0.25, 0.3) is 0 Å². The summed E-state index contributed by atoms with van der Waals surface area (Å²) in [7, 11) is 0. The highest BCUT2D eigenvalue weighted by Crippen LogP contribution is 2.31. The molecule has 0 fully saturated rings. The number of nitrogens with one attached hydrogen (secondary N) is 1. The van der Waals surface area contributed by atoms with E-state index in [-0.39, 0.29) is 0 Å². The lowest BCUT2D eigenvalue weighted by Gasteiger charge is -2.12. The zero-order valence-corrected chi connectivity index (χ0v) is 20.0. The molecule has 0 saturated carbocycles. The first-order valence-electron chi connectivity index (χ1n) is 5.86. The summed E-state index contributed by atoms with van der Waals surface area (Å²) < 4.78 is 6.39. The van der Waals surface area contributed by atoms with Crippen LogP contribution in [0.3, 0.4) is 0 Å². The topological polar surface area (TPSA) is 12.0 Å². The van der Waals surface area contributed by atoms with Gasteiger partial charge in [-0.15, -0.1) is 0 Å². The Labute approximate surface area is 174 Å². The Morgan fingerprint density at radius 3 is 1.14 bits per heavy atom. The Kier molecular flexibility index (Phi) is 7.45. The van der Waals surface area contributed by atoms with Crippen LogP contribution in [0.1, 0.15) is 11.1 Å². The van der Waals surface area contributed by atoms with Gasteiger partial charge in [0.2, 0.25) is 0 Å². The molecule has 0 atom stereocenters. The van der Waals surface area contributed by atoms with Crippen LogP contribution >= 0.6 is 95.6 Å². The maximum atomic E-state index is 3.60. The SMILES string of the molecule is Brc1cc(Br)c(CNCc2c(Br)cc(Br)cc2Br)c(Br)c1. The Hall–Kier alpha value is 1.28. The molecule has 0 radical (unpaired) electrons. The average Bonchev–Trinajstić information content (AvgIpc) is 2.34. The minimum atomic E-state index is 0.767. The van der Waals surface area contributed by atoms with Crippen molar-refractivity contribution in [2.75, 3.05) is 0 Å². The maximum absolute atomic E-state index is 3.60. The van der Waals surface area contributed by atoms with E-state index in [0.29, 0.717) is 0 Å². The molecule has 0 bridgehead atoms. The summed E-state index contributed by atoms with van der Waals surface area (Å²) in [6.45, 7) is 1.53. The van der Waals surface area contributed by atoms with Crippen molar-refractivity contribution in [2.24, 2.45) is 0 Å². The van der Waals surface area contributed by atoms with Crippen molar-refractivity contribution >= 4 is 95.6 Å². The van der Waals surface area contributed by atoms with Crippen molar-refractivity contribution in [3.8, 4) is 0 Å². The second-order valence-corrected chi connectivity index (χ2v) is 9.55. The number of rotatable bonds is 4. The molecule has 7 heteroatoms.